The number of hydrogen-bond donors (Lipinski definition) is 2. The molecule has 0 radical (unpaired) electrons. The van der Waals surface area contributed by atoms with E-state index in [2.05, 4.69) is 0 Å². The average Bonchev–Trinajstić information content (AvgIpc) is 3.73. The van der Waals surface area contributed by atoms with Crippen molar-refractivity contribution < 1.29 is 29.3 Å². The second-order valence-electron chi connectivity index (χ2n) is 11.4. The zero-order chi connectivity index (χ0) is 30.7. The van der Waals surface area contributed by atoms with Crippen molar-refractivity contribution in [3.05, 3.63) is 77.7 Å². The number of aryl methyl sites for hydroxylation is 1. The Morgan fingerprint density at radius 3 is 2.48 bits per heavy atom. The number of carboxylic acid groups (broad SMARTS) is 1. The molecule has 1 unspecified atom stereocenters. The van der Waals surface area contributed by atoms with Crippen LogP contribution in [0.5, 0.6) is 0 Å². The fourth-order valence-electron chi connectivity index (χ4n) is 6.82. The zero-order valence-corrected chi connectivity index (χ0v) is 26.8. The molecule has 0 aromatic carbocycles. The van der Waals surface area contributed by atoms with Crippen LogP contribution in [0.15, 0.2) is 11.8 Å². The minimum Gasteiger partial charge on any atom is -0.681 e. The van der Waals surface area contributed by atoms with Crippen molar-refractivity contribution in [3.8, 4) is 0 Å². The smallest absolute Gasteiger partial charge is 0.681 e. The van der Waals surface area contributed by atoms with E-state index in [1.54, 1.807) is 13.0 Å². The number of fused-ring (bicyclic) bond motifs is 8. The number of aliphatic carboxylic acids is 1. The van der Waals surface area contributed by atoms with Crippen LogP contribution in [0.3, 0.4) is 0 Å². The Balaban J connectivity index is 0.00000384. The van der Waals surface area contributed by atoms with Crippen molar-refractivity contribution in [1.29, 1.82) is 0 Å². The van der Waals surface area contributed by atoms with Crippen LogP contribution in [0.4, 0.5) is 0 Å². The van der Waals surface area contributed by atoms with Gasteiger partial charge in [-0.05, 0) is 43.7 Å². The van der Waals surface area contributed by atoms with Gasteiger partial charge in [-0.1, -0.05) is 66.4 Å². The summed E-state index contributed by atoms with van der Waals surface area (Å²) in [5.74, 6) is -3.72. The third kappa shape index (κ3) is 4.91. The molecule has 2 N–H and O–H groups in total. The largest absolute Gasteiger partial charge is 2.00 e. The minimum absolute atomic E-state index is 0. The number of allylic oxidation sites excluding steroid dienone is 1. The molecule has 3 aromatic heterocycles. The van der Waals surface area contributed by atoms with Crippen LogP contribution < -0.4 is 36.2 Å². The number of ketones is 1. The third-order valence-electron chi connectivity index (χ3n) is 9.07. The number of aromatic nitrogens is 3. The van der Waals surface area contributed by atoms with E-state index in [0.29, 0.717) is 73.6 Å². The summed E-state index contributed by atoms with van der Waals surface area (Å²) in [4.78, 5) is 53.3. The molecule has 2 aliphatic heterocycles. The number of aliphatic hydroxyl groups excluding tert-OH is 1. The number of methoxy groups -OCH3 is 1. The molecule has 0 spiro atoms. The SMILES string of the molecule is CCc1c2[n-]c(/c1=C\O)=C\c1cc(C)c([n-]1)/C=C1\[N-]C(C3=c4[n-]/c(c(C)c4C(=O)[C@@H]3C(=O)OC)=C\2)[C@@H](CCC(=O)O)[C@@H]1C.[Mg+2]. The van der Waals surface area contributed by atoms with Gasteiger partial charge in [0.25, 0.3) is 0 Å². The topological polar surface area (TPSA) is 157 Å². The predicted octanol–water partition coefficient (Wildman–Crippen LogP) is 0.674. The molecular weight excluding hydrogens is 573 g/mol. The Hall–Kier alpha value is -3.96. The summed E-state index contributed by atoms with van der Waals surface area (Å²) in [5.41, 5.74) is 5.84. The Labute approximate surface area is 269 Å². The molecule has 5 heterocycles. The van der Waals surface area contributed by atoms with Crippen LogP contribution in [0.25, 0.3) is 35.4 Å². The summed E-state index contributed by atoms with van der Waals surface area (Å²) < 4.78 is 5.10. The first-order chi connectivity index (χ1) is 20.6. The number of ether oxygens (including phenoxy) is 1. The number of hydrogen-bond acceptors (Lipinski definition) is 5. The van der Waals surface area contributed by atoms with E-state index in [9.17, 15) is 24.6 Å². The number of esters is 1. The normalized spacial score (nSPS) is 24.8. The van der Waals surface area contributed by atoms with Crippen molar-refractivity contribution in [2.45, 2.75) is 53.0 Å². The number of carbonyl (C=O) groups excluding carboxylic acids is 2. The van der Waals surface area contributed by atoms with Crippen molar-refractivity contribution in [2.75, 3.05) is 7.11 Å². The van der Waals surface area contributed by atoms with Crippen LogP contribution >= 0.6 is 0 Å². The molecule has 0 saturated carbocycles. The molecule has 224 valence electrons. The summed E-state index contributed by atoms with van der Waals surface area (Å²) >= 11 is 0. The van der Waals surface area contributed by atoms with Gasteiger partial charge in [-0.25, -0.2) is 0 Å². The second kappa shape index (κ2) is 11.8. The molecule has 1 saturated heterocycles. The number of aliphatic hydroxyl groups is 1. The van der Waals surface area contributed by atoms with Crippen molar-refractivity contribution in [3.63, 3.8) is 0 Å². The summed E-state index contributed by atoms with van der Waals surface area (Å²) in [6.45, 7) is 7.70. The summed E-state index contributed by atoms with van der Waals surface area (Å²) in [6, 6.07) is 1.28. The molecule has 6 rings (SSSR count). The maximum Gasteiger partial charge on any atom is 2.00 e. The van der Waals surface area contributed by atoms with Gasteiger partial charge in [0.1, 0.15) is 5.92 Å². The van der Waals surface area contributed by atoms with Gasteiger partial charge in [0, 0.05) is 12.0 Å². The predicted molar refractivity (Wildman–Crippen MR) is 165 cm³/mol. The molecule has 1 aliphatic carbocycles. The zero-order valence-electron chi connectivity index (χ0n) is 25.3. The minimum atomic E-state index is -1.22. The standard InChI is InChI=1S/C33H32N4O6.Mg/c1-6-18-20(13-38)24-10-17-9-14(2)21(34-17)11-22-15(3)19(7-8-26(39)40)30(36-22)28-29(33(42)43-5)32(41)27-16(4)23(37-31(27)28)12-25(18)35-24;/h9-13,15,19,29-30H,6-8H2,1-5H3,(H,38,41)(H,39,40);/q-4;+2/b22-11-,24-10-;/t15-,19-,29+,30?;/m0./s1. The van der Waals surface area contributed by atoms with Crippen LogP contribution in [-0.2, 0) is 20.7 Å². The number of nitrogens with zero attached hydrogens (tertiary/aromatic N) is 4. The molecule has 4 atom stereocenters. The number of carboxylic acids is 1. The molecule has 3 aliphatic rings. The van der Waals surface area contributed by atoms with E-state index >= 15 is 0 Å². The molecule has 8 bridgehead atoms. The van der Waals surface area contributed by atoms with E-state index in [1.807, 2.05) is 39.0 Å². The van der Waals surface area contributed by atoms with Crippen LogP contribution in [0.1, 0.15) is 70.8 Å². The number of rotatable bonds is 5. The third-order valence-corrected chi connectivity index (χ3v) is 9.07. The molecular formula is C33H32MgN4O6-2. The van der Waals surface area contributed by atoms with Crippen molar-refractivity contribution in [1.82, 2.24) is 15.0 Å². The van der Waals surface area contributed by atoms with E-state index in [0.717, 1.165) is 17.4 Å². The molecule has 0 amide bonds. The van der Waals surface area contributed by atoms with Gasteiger partial charge in [-0.2, -0.15) is 5.70 Å². The molecule has 3 aromatic rings. The Morgan fingerprint density at radius 2 is 1.82 bits per heavy atom. The molecule has 44 heavy (non-hydrogen) atoms. The monoisotopic (exact) mass is 604 g/mol. The quantitative estimate of drug-likeness (QED) is 0.243. The molecule has 10 nitrogen and oxygen atoms in total. The van der Waals surface area contributed by atoms with E-state index in [1.165, 1.54) is 7.11 Å². The van der Waals surface area contributed by atoms with Gasteiger partial charge in [0.15, 0.2) is 5.78 Å². The van der Waals surface area contributed by atoms with E-state index < -0.39 is 29.7 Å². The van der Waals surface area contributed by atoms with Crippen LogP contribution in [-0.4, -0.2) is 64.1 Å². The Bertz CT molecular complexity index is 1980. The van der Waals surface area contributed by atoms with Gasteiger partial charge in [0.05, 0.1) is 13.4 Å². The Morgan fingerprint density at radius 1 is 1.07 bits per heavy atom. The van der Waals surface area contributed by atoms with E-state index in [4.69, 9.17) is 25.0 Å². The van der Waals surface area contributed by atoms with Gasteiger partial charge < -0.3 is 35.2 Å². The molecule has 1 fully saturated rings. The van der Waals surface area contributed by atoms with Crippen LogP contribution in [0.2, 0.25) is 0 Å². The fraction of sp³-hybridized carbons (Fsp3) is 0.364. The van der Waals surface area contributed by atoms with Crippen LogP contribution in [0, 0.1) is 31.6 Å². The summed E-state index contributed by atoms with van der Waals surface area (Å²) in [5, 5.41) is 26.9. The maximum atomic E-state index is 13.9. The number of Topliss-reactive ketones (excluding diaryl/α,β-unsaturated/α-hetero) is 1. The summed E-state index contributed by atoms with van der Waals surface area (Å²) in [7, 11) is 1.25. The fourth-order valence-corrected chi connectivity index (χ4v) is 6.82. The first-order valence-corrected chi connectivity index (χ1v) is 14.4. The second-order valence-corrected chi connectivity index (χ2v) is 11.4. The number of carbonyl (C=O) groups is 3. The van der Waals surface area contributed by atoms with Crippen molar-refractivity contribution >= 4 is 70.8 Å². The molecule has 11 heteroatoms. The summed E-state index contributed by atoms with van der Waals surface area (Å²) in [6.07, 6.45) is 7.39. The van der Waals surface area contributed by atoms with Gasteiger partial charge >= 0.3 is 35.0 Å². The van der Waals surface area contributed by atoms with Crippen molar-refractivity contribution in [2.24, 2.45) is 17.8 Å². The first-order valence-electron chi connectivity index (χ1n) is 14.4. The van der Waals surface area contributed by atoms with Gasteiger partial charge in [-0.15, -0.1) is 33.1 Å². The Kier molecular flexibility index (Phi) is 8.47. The first kappa shape index (κ1) is 31.5. The van der Waals surface area contributed by atoms with E-state index in [-0.39, 0.29) is 41.3 Å². The van der Waals surface area contributed by atoms with Gasteiger partial charge in [0.2, 0.25) is 0 Å². The van der Waals surface area contributed by atoms with Gasteiger partial charge in [-0.3, -0.25) is 14.4 Å². The maximum absolute atomic E-state index is 13.9. The average molecular weight is 605 g/mol.